The molecule has 0 radical (unpaired) electrons. The molecule has 0 saturated carbocycles. The Morgan fingerprint density at radius 3 is 2.53 bits per heavy atom. The molecule has 2 amide bonds. The van der Waals surface area contributed by atoms with Gasteiger partial charge in [-0.2, -0.15) is 5.10 Å². The van der Waals surface area contributed by atoms with E-state index in [1.807, 2.05) is 50.2 Å². The van der Waals surface area contributed by atoms with Crippen LogP contribution in [0.15, 0.2) is 65.8 Å². The molecule has 0 aliphatic heterocycles. The summed E-state index contributed by atoms with van der Waals surface area (Å²) in [6, 6.07) is 17.8. The molecule has 34 heavy (non-hydrogen) atoms. The van der Waals surface area contributed by atoms with Crippen LogP contribution in [-0.4, -0.2) is 30.7 Å². The van der Waals surface area contributed by atoms with Crippen LogP contribution in [0.5, 0.6) is 5.75 Å². The van der Waals surface area contributed by atoms with E-state index >= 15 is 0 Å². The van der Waals surface area contributed by atoms with E-state index in [1.165, 1.54) is 0 Å². The van der Waals surface area contributed by atoms with Crippen LogP contribution in [0.3, 0.4) is 0 Å². The van der Waals surface area contributed by atoms with Crippen molar-refractivity contribution in [1.29, 1.82) is 0 Å². The summed E-state index contributed by atoms with van der Waals surface area (Å²) < 4.78 is 5.97. The highest BCUT2D eigenvalue weighted by atomic mass is 35.5. The van der Waals surface area contributed by atoms with Gasteiger partial charge in [-0.05, 0) is 41.3 Å². The van der Waals surface area contributed by atoms with Gasteiger partial charge in [0.2, 0.25) is 0 Å². The van der Waals surface area contributed by atoms with Gasteiger partial charge in [-0.3, -0.25) is 9.59 Å². The average Bonchev–Trinajstić information content (AvgIpc) is 2.83. The zero-order valence-electron chi connectivity index (χ0n) is 19.7. The lowest BCUT2D eigenvalue weighted by atomic mass is 10.0. The highest BCUT2D eigenvalue weighted by molar-refractivity contribution is 6.33. The first kappa shape index (κ1) is 25.2. The fourth-order valence-electron chi connectivity index (χ4n) is 3.49. The van der Waals surface area contributed by atoms with Crippen molar-refractivity contribution in [2.75, 3.05) is 6.61 Å². The molecule has 3 rings (SSSR count). The second-order valence-electron chi connectivity index (χ2n) is 8.31. The first-order chi connectivity index (χ1) is 16.4. The SMILES string of the molecule is CCCCOc1ccc2ccccc2c1/C=N/NC(=O)C(NC(=O)c1ccccc1Cl)C(C)C. The van der Waals surface area contributed by atoms with Crippen molar-refractivity contribution in [3.63, 3.8) is 0 Å². The zero-order chi connectivity index (χ0) is 24.5. The summed E-state index contributed by atoms with van der Waals surface area (Å²) in [4.78, 5) is 25.5. The average molecular weight is 480 g/mol. The van der Waals surface area contributed by atoms with Crippen molar-refractivity contribution in [2.45, 2.75) is 39.7 Å². The molecule has 0 saturated heterocycles. The zero-order valence-corrected chi connectivity index (χ0v) is 20.4. The molecule has 0 aliphatic rings. The number of amides is 2. The predicted octanol–water partition coefficient (Wildman–Crippen LogP) is 5.58. The smallest absolute Gasteiger partial charge is 0.262 e. The van der Waals surface area contributed by atoms with E-state index in [2.05, 4.69) is 22.8 Å². The normalized spacial score (nSPS) is 12.1. The van der Waals surface area contributed by atoms with Crippen molar-refractivity contribution >= 4 is 40.4 Å². The number of hydrazone groups is 1. The molecular weight excluding hydrogens is 450 g/mol. The van der Waals surface area contributed by atoms with Crippen LogP contribution in [0.25, 0.3) is 10.8 Å². The lowest BCUT2D eigenvalue weighted by molar-refractivity contribution is -0.123. The van der Waals surface area contributed by atoms with Crippen LogP contribution in [-0.2, 0) is 4.79 Å². The number of carbonyl (C=O) groups excluding carboxylic acids is 2. The molecule has 3 aromatic carbocycles. The number of nitrogens with zero attached hydrogens (tertiary/aromatic N) is 1. The molecule has 178 valence electrons. The van der Waals surface area contributed by atoms with Crippen LogP contribution in [0.1, 0.15) is 49.5 Å². The first-order valence-electron chi connectivity index (χ1n) is 11.4. The Kier molecular flexibility index (Phi) is 9.05. The lowest BCUT2D eigenvalue weighted by Crippen LogP contribution is -2.48. The van der Waals surface area contributed by atoms with Crippen molar-refractivity contribution in [1.82, 2.24) is 10.7 Å². The number of nitrogens with one attached hydrogen (secondary N) is 2. The predicted molar refractivity (Wildman–Crippen MR) is 138 cm³/mol. The Bertz CT molecular complexity index is 1180. The molecule has 0 aromatic heterocycles. The summed E-state index contributed by atoms with van der Waals surface area (Å²) in [5, 5.41) is 9.31. The standard InChI is InChI=1S/C27H30ClN3O3/c1-4-5-16-34-24-15-14-19-10-6-7-11-20(19)22(24)17-29-31-27(33)25(18(2)3)30-26(32)21-12-8-9-13-23(21)28/h6-15,17-18,25H,4-5,16H2,1-3H3,(H,30,32)(H,31,33)/b29-17+. The summed E-state index contributed by atoms with van der Waals surface area (Å²) in [5.74, 6) is -0.283. The van der Waals surface area contributed by atoms with Crippen molar-refractivity contribution in [2.24, 2.45) is 11.0 Å². The summed E-state index contributed by atoms with van der Waals surface area (Å²) in [5.41, 5.74) is 3.67. The Morgan fingerprint density at radius 2 is 1.79 bits per heavy atom. The molecule has 1 atom stereocenters. The van der Waals surface area contributed by atoms with E-state index in [0.29, 0.717) is 22.9 Å². The molecule has 2 N–H and O–H groups in total. The van der Waals surface area contributed by atoms with Gasteiger partial charge in [-0.15, -0.1) is 0 Å². The molecule has 0 fully saturated rings. The Morgan fingerprint density at radius 1 is 1.06 bits per heavy atom. The summed E-state index contributed by atoms with van der Waals surface area (Å²) >= 11 is 6.12. The molecule has 6 nitrogen and oxygen atoms in total. The maximum absolute atomic E-state index is 12.9. The summed E-state index contributed by atoms with van der Waals surface area (Å²) in [6.07, 6.45) is 3.57. The molecule has 0 bridgehead atoms. The van der Waals surface area contributed by atoms with Crippen LogP contribution in [0, 0.1) is 5.92 Å². The van der Waals surface area contributed by atoms with E-state index in [-0.39, 0.29) is 5.92 Å². The van der Waals surface area contributed by atoms with E-state index in [0.717, 1.165) is 29.2 Å². The topological polar surface area (TPSA) is 79.8 Å². The minimum absolute atomic E-state index is 0.160. The van der Waals surface area contributed by atoms with Gasteiger partial charge in [-0.1, -0.05) is 81.3 Å². The number of hydrogen-bond donors (Lipinski definition) is 2. The molecular formula is C27H30ClN3O3. The van der Waals surface area contributed by atoms with Crippen LogP contribution < -0.4 is 15.5 Å². The highest BCUT2D eigenvalue weighted by Crippen LogP contribution is 2.27. The second-order valence-corrected chi connectivity index (χ2v) is 8.72. The van der Waals surface area contributed by atoms with Crippen LogP contribution >= 0.6 is 11.6 Å². The van der Waals surface area contributed by atoms with Gasteiger partial charge >= 0.3 is 0 Å². The van der Waals surface area contributed by atoms with E-state index in [1.54, 1.807) is 30.5 Å². The maximum atomic E-state index is 12.9. The third-order valence-corrected chi connectivity index (χ3v) is 5.74. The number of hydrogen-bond acceptors (Lipinski definition) is 4. The summed E-state index contributed by atoms with van der Waals surface area (Å²) in [7, 11) is 0. The largest absolute Gasteiger partial charge is 0.493 e. The van der Waals surface area contributed by atoms with Gasteiger partial charge < -0.3 is 10.1 Å². The second kappa shape index (κ2) is 12.2. The van der Waals surface area contributed by atoms with Crippen molar-refractivity contribution < 1.29 is 14.3 Å². The molecule has 7 heteroatoms. The molecule has 0 aliphatic carbocycles. The van der Waals surface area contributed by atoms with Gasteiger partial charge in [0.1, 0.15) is 11.8 Å². The van der Waals surface area contributed by atoms with Gasteiger partial charge in [-0.25, -0.2) is 5.43 Å². The fourth-order valence-corrected chi connectivity index (χ4v) is 3.71. The third-order valence-electron chi connectivity index (χ3n) is 5.41. The monoisotopic (exact) mass is 479 g/mol. The Hall–Kier alpha value is -3.38. The Labute approximate surface area is 205 Å². The van der Waals surface area contributed by atoms with Crippen LogP contribution in [0.2, 0.25) is 5.02 Å². The highest BCUT2D eigenvalue weighted by Gasteiger charge is 2.25. The van der Waals surface area contributed by atoms with Crippen molar-refractivity contribution in [3.05, 3.63) is 76.8 Å². The van der Waals surface area contributed by atoms with Gasteiger partial charge in [0.15, 0.2) is 0 Å². The van der Waals surface area contributed by atoms with E-state index in [9.17, 15) is 9.59 Å². The van der Waals surface area contributed by atoms with Gasteiger partial charge in [0.05, 0.1) is 23.4 Å². The van der Waals surface area contributed by atoms with E-state index in [4.69, 9.17) is 16.3 Å². The first-order valence-corrected chi connectivity index (χ1v) is 11.8. The molecule has 3 aromatic rings. The van der Waals surface area contributed by atoms with Gasteiger partial charge in [0.25, 0.3) is 11.8 Å². The minimum atomic E-state index is -0.784. The quantitative estimate of drug-likeness (QED) is 0.226. The minimum Gasteiger partial charge on any atom is -0.493 e. The number of rotatable bonds is 10. The molecule has 1 unspecified atom stereocenters. The number of halogens is 1. The summed E-state index contributed by atoms with van der Waals surface area (Å²) in [6.45, 7) is 6.42. The molecule has 0 spiro atoms. The fraction of sp³-hybridized carbons (Fsp3) is 0.296. The van der Waals surface area contributed by atoms with E-state index < -0.39 is 17.9 Å². The number of unbranched alkanes of at least 4 members (excludes halogenated alkanes) is 1. The van der Waals surface area contributed by atoms with Crippen molar-refractivity contribution in [3.8, 4) is 5.75 Å². The number of ether oxygens (including phenoxy) is 1. The lowest BCUT2D eigenvalue weighted by Gasteiger charge is -2.20. The van der Waals surface area contributed by atoms with Crippen LogP contribution in [0.4, 0.5) is 0 Å². The number of fused-ring (bicyclic) bond motifs is 1. The molecule has 0 heterocycles. The third kappa shape index (κ3) is 6.35. The van der Waals surface area contributed by atoms with Gasteiger partial charge in [0, 0.05) is 5.56 Å². The number of benzene rings is 3. The number of carbonyl (C=O) groups is 2. The maximum Gasteiger partial charge on any atom is 0.262 e. The Balaban J connectivity index is 1.77.